The van der Waals surface area contributed by atoms with Crippen molar-refractivity contribution in [2.75, 3.05) is 0 Å². The van der Waals surface area contributed by atoms with E-state index in [1.165, 1.54) is 12.1 Å². The molecule has 0 bridgehead atoms. The molecule has 0 fully saturated rings. The molecule has 0 atom stereocenters. The van der Waals surface area contributed by atoms with E-state index in [9.17, 15) is 14.3 Å². The van der Waals surface area contributed by atoms with Gasteiger partial charge in [-0.1, -0.05) is 6.07 Å². The second-order valence-corrected chi connectivity index (χ2v) is 3.84. The minimum absolute atomic E-state index is 0.217. The van der Waals surface area contributed by atoms with Crippen LogP contribution in [0.3, 0.4) is 0 Å². The molecule has 0 saturated carbocycles. The Morgan fingerprint density at radius 1 is 1.56 bits per heavy atom. The number of H-pyrrole nitrogens is 1. The number of aromatic nitrogens is 2. The monoisotopic (exact) mass is 249 g/mol. The molecule has 0 saturated heterocycles. The van der Waals surface area contributed by atoms with Gasteiger partial charge in [0.1, 0.15) is 17.1 Å². The Morgan fingerprint density at radius 2 is 2.33 bits per heavy atom. The van der Waals surface area contributed by atoms with Crippen LogP contribution in [0.4, 0.5) is 4.39 Å². The zero-order valence-electron chi connectivity index (χ0n) is 9.70. The molecule has 6 heteroatoms. The zero-order valence-corrected chi connectivity index (χ0v) is 9.70. The topological polar surface area (TPSA) is 78.0 Å². The maximum atomic E-state index is 13.4. The molecule has 1 aromatic carbocycles. The van der Waals surface area contributed by atoms with E-state index in [0.29, 0.717) is 0 Å². The molecule has 2 aromatic rings. The summed E-state index contributed by atoms with van der Waals surface area (Å²) in [5.74, 6) is -1.79. The van der Waals surface area contributed by atoms with Crippen molar-refractivity contribution >= 4 is 5.91 Å². The zero-order chi connectivity index (χ0) is 13.1. The van der Waals surface area contributed by atoms with Crippen LogP contribution in [0.1, 0.15) is 21.6 Å². The van der Waals surface area contributed by atoms with Crippen molar-refractivity contribution in [2.24, 2.45) is 0 Å². The summed E-state index contributed by atoms with van der Waals surface area (Å²) in [6, 6.07) is 3.72. The summed E-state index contributed by atoms with van der Waals surface area (Å²) in [4.78, 5) is 11.8. The van der Waals surface area contributed by atoms with Crippen molar-refractivity contribution in [2.45, 2.75) is 13.5 Å². The maximum Gasteiger partial charge on any atom is 0.258 e. The number of aromatic hydroxyl groups is 1. The molecule has 18 heavy (non-hydrogen) atoms. The Hall–Kier alpha value is -2.37. The van der Waals surface area contributed by atoms with Crippen LogP contribution in [0.15, 0.2) is 24.4 Å². The van der Waals surface area contributed by atoms with Crippen LogP contribution in [-0.4, -0.2) is 21.2 Å². The van der Waals surface area contributed by atoms with Gasteiger partial charge in [0.05, 0.1) is 6.20 Å². The number of aryl methyl sites for hydroxylation is 1. The molecular weight excluding hydrogens is 237 g/mol. The first-order chi connectivity index (χ1) is 8.59. The van der Waals surface area contributed by atoms with E-state index in [-0.39, 0.29) is 17.9 Å². The highest BCUT2D eigenvalue weighted by molar-refractivity contribution is 5.97. The number of hydrogen-bond donors (Lipinski definition) is 3. The highest BCUT2D eigenvalue weighted by atomic mass is 19.1. The highest BCUT2D eigenvalue weighted by Crippen LogP contribution is 2.19. The first-order valence-electron chi connectivity index (χ1n) is 5.34. The van der Waals surface area contributed by atoms with Crippen molar-refractivity contribution in [3.63, 3.8) is 0 Å². The lowest BCUT2D eigenvalue weighted by molar-refractivity contribution is 0.0944. The molecule has 0 aliphatic carbocycles. The van der Waals surface area contributed by atoms with Gasteiger partial charge in [-0.25, -0.2) is 4.39 Å². The third-order valence-electron chi connectivity index (χ3n) is 2.59. The van der Waals surface area contributed by atoms with Gasteiger partial charge in [0.2, 0.25) is 0 Å². The standard InChI is InChI=1S/C12H12FN3O2/c1-7-8(6-15-16-7)5-14-12(18)11-9(13)3-2-4-10(11)17/h2-4,6,17H,5H2,1H3,(H,14,18)(H,15,16). The van der Waals surface area contributed by atoms with Crippen LogP contribution < -0.4 is 5.32 Å². The number of halogens is 1. The van der Waals surface area contributed by atoms with Gasteiger partial charge in [0, 0.05) is 17.8 Å². The van der Waals surface area contributed by atoms with Gasteiger partial charge in [-0.05, 0) is 19.1 Å². The van der Waals surface area contributed by atoms with Crippen LogP contribution >= 0.6 is 0 Å². The van der Waals surface area contributed by atoms with Crippen LogP contribution in [0.5, 0.6) is 5.75 Å². The van der Waals surface area contributed by atoms with Crippen molar-refractivity contribution < 1.29 is 14.3 Å². The molecule has 0 spiro atoms. The van der Waals surface area contributed by atoms with Gasteiger partial charge in [-0.15, -0.1) is 0 Å². The fourth-order valence-corrected chi connectivity index (χ4v) is 1.56. The Kier molecular flexibility index (Phi) is 3.27. The van der Waals surface area contributed by atoms with Crippen LogP contribution in [-0.2, 0) is 6.54 Å². The van der Waals surface area contributed by atoms with Gasteiger partial charge < -0.3 is 10.4 Å². The smallest absolute Gasteiger partial charge is 0.258 e. The van der Waals surface area contributed by atoms with Crippen molar-refractivity contribution in [3.05, 3.63) is 47.0 Å². The number of amides is 1. The Morgan fingerprint density at radius 3 is 2.94 bits per heavy atom. The number of carbonyl (C=O) groups excluding carboxylic acids is 1. The van der Waals surface area contributed by atoms with Gasteiger partial charge in [-0.2, -0.15) is 5.10 Å². The van der Waals surface area contributed by atoms with Gasteiger partial charge in [0.25, 0.3) is 5.91 Å². The molecule has 0 radical (unpaired) electrons. The Labute approximate surface area is 103 Å². The molecule has 0 aliphatic rings. The molecule has 1 amide bonds. The fraction of sp³-hybridized carbons (Fsp3) is 0.167. The normalized spacial score (nSPS) is 10.3. The number of benzene rings is 1. The third-order valence-corrected chi connectivity index (χ3v) is 2.59. The second-order valence-electron chi connectivity index (χ2n) is 3.84. The SMILES string of the molecule is Cc1[nH]ncc1CNC(=O)c1c(O)cccc1F. The summed E-state index contributed by atoms with van der Waals surface area (Å²) in [5.41, 5.74) is 1.28. The quantitative estimate of drug-likeness (QED) is 0.771. The number of carbonyl (C=O) groups is 1. The number of hydrogen-bond acceptors (Lipinski definition) is 3. The minimum Gasteiger partial charge on any atom is -0.507 e. The van der Waals surface area contributed by atoms with E-state index >= 15 is 0 Å². The number of rotatable bonds is 3. The van der Waals surface area contributed by atoms with Crippen LogP contribution in [0, 0.1) is 12.7 Å². The summed E-state index contributed by atoms with van der Waals surface area (Å²) in [7, 11) is 0. The molecule has 1 aromatic heterocycles. The fourth-order valence-electron chi connectivity index (χ4n) is 1.56. The number of nitrogens with one attached hydrogen (secondary N) is 2. The summed E-state index contributed by atoms with van der Waals surface area (Å²) < 4.78 is 13.4. The third kappa shape index (κ3) is 2.32. The van der Waals surface area contributed by atoms with Crippen molar-refractivity contribution in [1.82, 2.24) is 15.5 Å². The first-order valence-corrected chi connectivity index (χ1v) is 5.34. The molecule has 0 aliphatic heterocycles. The minimum atomic E-state index is -0.753. The Bertz CT molecular complexity index is 560. The molecule has 1 heterocycles. The summed E-state index contributed by atoms with van der Waals surface area (Å²) in [5, 5.41) is 18.5. The van der Waals surface area contributed by atoms with Gasteiger partial charge >= 0.3 is 0 Å². The number of aromatic amines is 1. The second kappa shape index (κ2) is 4.87. The lowest BCUT2D eigenvalue weighted by atomic mass is 10.1. The van der Waals surface area contributed by atoms with Gasteiger partial charge in [-0.3, -0.25) is 9.89 Å². The molecule has 94 valence electrons. The first kappa shape index (κ1) is 12.1. The lowest BCUT2D eigenvalue weighted by Crippen LogP contribution is -2.24. The van der Waals surface area contributed by atoms with E-state index in [2.05, 4.69) is 15.5 Å². The number of nitrogens with zero attached hydrogens (tertiary/aromatic N) is 1. The average Bonchev–Trinajstić information content (AvgIpc) is 2.72. The number of phenolic OH excluding ortho intramolecular Hbond substituents is 1. The maximum absolute atomic E-state index is 13.4. The summed E-state index contributed by atoms with van der Waals surface area (Å²) in [6.07, 6.45) is 1.58. The van der Waals surface area contributed by atoms with E-state index < -0.39 is 11.7 Å². The molecule has 3 N–H and O–H groups in total. The van der Waals surface area contributed by atoms with Crippen LogP contribution in [0.2, 0.25) is 0 Å². The average molecular weight is 249 g/mol. The van der Waals surface area contributed by atoms with Crippen LogP contribution in [0.25, 0.3) is 0 Å². The number of phenols is 1. The molecule has 2 rings (SSSR count). The predicted molar refractivity (Wildman–Crippen MR) is 62.6 cm³/mol. The summed E-state index contributed by atoms with van der Waals surface area (Å²) in [6.45, 7) is 2.03. The predicted octanol–water partition coefficient (Wildman–Crippen LogP) is 1.49. The molecular formula is C12H12FN3O2. The van der Waals surface area contributed by atoms with Crippen molar-refractivity contribution in [1.29, 1.82) is 0 Å². The van der Waals surface area contributed by atoms with E-state index in [0.717, 1.165) is 17.3 Å². The van der Waals surface area contributed by atoms with E-state index in [1.54, 1.807) is 6.20 Å². The molecule has 0 unspecified atom stereocenters. The molecule has 5 nitrogen and oxygen atoms in total. The summed E-state index contributed by atoms with van der Waals surface area (Å²) >= 11 is 0. The van der Waals surface area contributed by atoms with Gasteiger partial charge in [0.15, 0.2) is 0 Å². The van der Waals surface area contributed by atoms with E-state index in [1.807, 2.05) is 6.92 Å². The largest absolute Gasteiger partial charge is 0.507 e. The Balaban J connectivity index is 2.11. The lowest BCUT2D eigenvalue weighted by Gasteiger charge is -2.07. The highest BCUT2D eigenvalue weighted by Gasteiger charge is 2.16. The van der Waals surface area contributed by atoms with Crippen molar-refractivity contribution in [3.8, 4) is 5.75 Å². The van der Waals surface area contributed by atoms with E-state index in [4.69, 9.17) is 0 Å².